The van der Waals surface area contributed by atoms with Gasteiger partial charge in [0, 0.05) is 0 Å². The molecule has 98 valence electrons. The Morgan fingerprint density at radius 2 is 0.950 bits per heavy atom. The van der Waals surface area contributed by atoms with Crippen LogP contribution < -0.4 is 0 Å². The number of hydrogen-bond acceptors (Lipinski definition) is 4. The second-order valence-corrected chi connectivity index (χ2v) is 4.40. The SMILES string of the molecule is N#C[C@H](c1ccc(O)cc1)[C@@H](C#N)c1ccc(O)cc1. The molecule has 4 heteroatoms. The van der Waals surface area contributed by atoms with Gasteiger partial charge in [-0.25, -0.2) is 0 Å². The van der Waals surface area contributed by atoms with E-state index >= 15 is 0 Å². The van der Waals surface area contributed by atoms with Crippen LogP contribution in [0.4, 0.5) is 0 Å². The highest BCUT2D eigenvalue weighted by Gasteiger charge is 2.24. The highest BCUT2D eigenvalue weighted by molar-refractivity contribution is 5.40. The van der Waals surface area contributed by atoms with Crippen LogP contribution in [0.15, 0.2) is 48.5 Å². The standard InChI is InChI=1S/C16H12N2O2/c17-9-15(11-1-5-13(19)6-2-11)16(10-18)12-3-7-14(20)8-4-12/h1-8,15-16,19-20H/t15-,16+. The van der Waals surface area contributed by atoms with Crippen LogP contribution in [0.3, 0.4) is 0 Å². The molecule has 0 radical (unpaired) electrons. The van der Waals surface area contributed by atoms with Crippen molar-refractivity contribution in [2.75, 3.05) is 0 Å². The monoisotopic (exact) mass is 264 g/mol. The topological polar surface area (TPSA) is 88.0 Å². The Bertz CT molecular complexity index is 602. The van der Waals surface area contributed by atoms with Gasteiger partial charge in [0.25, 0.3) is 0 Å². The van der Waals surface area contributed by atoms with Crippen molar-refractivity contribution in [2.24, 2.45) is 0 Å². The maximum absolute atomic E-state index is 9.35. The number of nitrogens with zero attached hydrogens (tertiary/aromatic N) is 2. The van der Waals surface area contributed by atoms with E-state index in [4.69, 9.17) is 0 Å². The number of aromatic hydroxyl groups is 2. The molecule has 0 bridgehead atoms. The molecule has 0 aliphatic heterocycles. The molecule has 0 amide bonds. The Morgan fingerprint density at radius 1 is 0.650 bits per heavy atom. The van der Waals surface area contributed by atoms with Crippen LogP contribution in [0, 0.1) is 22.7 Å². The highest BCUT2D eigenvalue weighted by atomic mass is 16.3. The van der Waals surface area contributed by atoms with E-state index in [0.29, 0.717) is 11.1 Å². The molecule has 2 atom stereocenters. The number of rotatable bonds is 3. The van der Waals surface area contributed by atoms with E-state index in [0.717, 1.165) is 0 Å². The van der Waals surface area contributed by atoms with Gasteiger partial charge in [0.2, 0.25) is 0 Å². The molecule has 0 spiro atoms. The molecule has 20 heavy (non-hydrogen) atoms. The molecule has 0 aliphatic rings. The minimum atomic E-state index is -0.634. The van der Waals surface area contributed by atoms with E-state index < -0.39 is 11.8 Å². The van der Waals surface area contributed by atoms with E-state index in [1.54, 1.807) is 24.3 Å². The van der Waals surface area contributed by atoms with Gasteiger partial charge in [-0.1, -0.05) is 24.3 Å². The lowest BCUT2D eigenvalue weighted by atomic mass is 9.83. The summed E-state index contributed by atoms with van der Waals surface area (Å²) in [7, 11) is 0. The van der Waals surface area contributed by atoms with Crippen molar-refractivity contribution in [3.63, 3.8) is 0 Å². The van der Waals surface area contributed by atoms with Crippen molar-refractivity contribution in [1.82, 2.24) is 0 Å². The van der Waals surface area contributed by atoms with Gasteiger partial charge in [-0.15, -0.1) is 0 Å². The molecule has 2 N–H and O–H groups in total. The molecule has 0 saturated carbocycles. The van der Waals surface area contributed by atoms with Crippen molar-refractivity contribution in [3.8, 4) is 23.6 Å². The lowest BCUT2D eigenvalue weighted by Crippen LogP contribution is -2.08. The van der Waals surface area contributed by atoms with Gasteiger partial charge in [-0.3, -0.25) is 0 Å². The summed E-state index contributed by atoms with van der Waals surface area (Å²) in [5.41, 5.74) is 1.34. The van der Waals surface area contributed by atoms with Gasteiger partial charge in [-0.05, 0) is 35.4 Å². The van der Waals surface area contributed by atoms with Gasteiger partial charge in [-0.2, -0.15) is 10.5 Å². The Labute approximate surface area is 116 Å². The molecular formula is C16H12N2O2. The smallest absolute Gasteiger partial charge is 0.115 e. The minimum Gasteiger partial charge on any atom is -0.508 e. The van der Waals surface area contributed by atoms with Crippen LogP contribution in [-0.2, 0) is 0 Å². The molecule has 2 aromatic carbocycles. The van der Waals surface area contributed by atoms with Crippen molar-refractivity contribution in [3.05, 3.63) is 59.7 Å². The van der Waals surface area contributed by atoms with Gasteiger partial charge in [0.1, 0.15) is 11.5 Å². The first kappa shape index (κ1) is 13.5. The third-order valence-electron chi connectivity index (χ3n) is 3.12. The highest BCUT2D eigenvalue weighted by Crippen LogP contribution is 2.33. The lowest BCUT2D eigenvalue weighted by molar-refractivity contribution is 0.474. The maximum atomic E-state index is 9.35. The first-order valence-corrected chi connectivity index (χ1v) is 6.03. The molecule has 2 aromatic rings. The minimum absolute atomic E-state index is 0.114. The second kappa shape index (κ2) is 5.77. The van der Waals surface area contributed by atoms with E-state index in [9.17, 15) is 20.7 Å². The van der Waals surface area contributed by atoms with Crippen molar-refractivity contribution in [1.29, 1.82) is 10.5 Å². The summed E-state index contributed by atoms with van der Waals surface area (Å²) in [6, 6.07) is 16.8. The first-order chi connectivity index (χ1) is 9.65. The number of phenols is 2. The van der Waals surface area contributed by atoms with Crippen molar-refractivity contribution < 1.29 is 10.2 Å². The zero-order chi connectivity index (χ0) is 14.5. The van der Waals surface area contributed by atoms with Gasteiger partial charge >= 0.3 is 0 Å². The van der Waals surface area contributed by atoms with E-state index in [1.165, 1.54) is 24.3 Å². The molecule has 2 rings (SSSR count). The Kier molecular flexibility index (Phi) is 3.88. The summed E-state index contributed by atoms with van der Waals surface area (Å²) < 4.78 is 0. The fraction of sp³-hybridized carbons (Fsp3) is 0.125. The van der Waals surface area contributed by atoms with Crippen molar-refractivity contribution in [2.45, 2.75) is 11.8 Å². The summed E-state index contributed by atoms with van der Waals surface area (Å²) in [4.78, 5) is 0. The summed E-state index contributed by atoms with van der Waals surface area (Å²) in [5, 5.41) is 37.3. The zero-order valence-electron chi connectivity index (χ0n) is 10.6. The van der Waals surface area contributed by atoms with Gasteiger partial charge in [0.15, 0.2) is 0 Å². The van der Waals surface area contributed by atoms with Gasteiger partial charge < -0.3 is 10.2 Å². The predicted octanol–water partition coefficient (Wildman–Crippen LogP) is 3.01. The molecular weight excluding hydrogens is 252 g/mol. The zero-order valence-corrected chi connectivity index (χ0v) is 10.6. The van der Waals surface area contributed by atoms with Crippen LogP contribution in [0.2, 0.25) is 0 Å². The van der Waals surface area contributed by atoms with E-state index in [2.05, 4.69) is 12.1 Å². The molecule has 0 heterocycles. The van der Waals surface area contributed by atoms with E-state index in [1.807, 2.05) is 0 Å². The average Bonchev–Trinajstić information content (AvgIpc) is 2.47. The predicted molar refractivity (Wildman–Crippen MR) is 72.9 cm³/mol. The van der Waals surface area contributed by atoms with Crippen LogP contribution in [-0.4, -0.2) is 10.2 Å². The Hall–Kier alpha value is -2.98. The Balaban J connectivity index is 2.38. The normalized spacial score (nSPS) is 12.9. The number of benzene rings is 2. The number of hydrogen-bond donors (Lipinski definition) is 2. The molecule has 4 nitrogen and oxygen atoms in total. The summed E-state index contributed by atoms with van der Waals surface area (Å²) >= 11 is 0. The van der Waals surface area contributed by atoms with Crippen LogP contribution in [0.5, 0.6) is 11.5 Å². The lowest BCUT2D eigenvalue weighted by Gasteiger charge is -2.16. The number of phenolic OH excluding ortho intramolecular Hbond substituents is 2. The Morgan fingerprint density at radius 3 is 1.20 bits per heavy atom. The largest absolute Gasteiger partial charge is 0.508 e. The molecule has 0 fully saturated rings. The average molecular weight is 264 g/mol. The molecule has 0 aliphatic carbocycles. The van der Waals surface area contributed by atoms with Crippen molar-refractivity contribution >= 4 is 0 Å². The summed E-state index contributed by atoms with van der Waals surface area (Å²) in [6.07, 6.45) is 0. The summed E-state index contributed by atoms with van der Waals surface area (Å²) in [6.45, 7) is 0. The second-order valence-electron chi connectivity index (χ2n) is 4.40. The number of nitriles is 2. The third kappa shape index (κ3) is 2.71. The van der Waals surface area contributed by atoms with E-state index in [-0.39, 0.29) is 11.5 Å². The first-order valence-electron chi connectivity index (χ1n) is 6.03. The molecule has 0 aromatic heterocycles. The summed E-state index contributed by atoms with van der Waals surface area (Å²) in [5.74, 6) is -1.04. The van der Waals surface area contributed by atoms with Crippen LogP contribution >= 0.6 is 0 Å². The van der Waals surface area contributed by atoms with Gasteiger partial charge in [0.05, 0.1) is 24.0 Å². The molecule has 0 saturated heterocycles. The fourth-order valence-electron chi connectivity index (χ4n) is 2.05. The maximum Gasteiger partial charge on any atom is 0.115 e. The third-order valence-corrected chi connectivity index (χ3v) is 3.12. The molecule has 0 unspecified atom stereocenters. The van der Waals surface area contributed by atoms with Crippen LogP contribution in [0.1, 0.15) is 23.0 Å². The van der Waals surface area contributed by atoms with Crippen LogP contribution in [0.25, 0.3) is 0 Å². The fourth-order valence-corrected chi connectivity index (χ4v) is 2.05. The quantitative estimate of drug-likeness (QED) is 0.891.